The van der Waals surface area contributed by atoms with Gasteiger partial charge in [0.1, 0.15) is 11.6 Å². The van der Waals surface area contributed by atoms with Crippen molar-refractivity contribution in [3.05, 3.63) is 46.8 Å². The third-order valence-electron chi connectivity index (χ3n) is 2.85. The maximum Gasteiger partial charge on any atom is 0.336 e. The van der Waals surface area contributed by atoms with Crippen LogP contribution < -0.4 is 22.4 Å². The van der Waals surface area contributed by atoms with Gasteiger partial charge in [-0.25, -0.2) is 4.79 Å². The highest BCUT2D eigenvalue weighted by Crippen LogP contribution is 2.08. The quantitative estimate of drug-likeness (QED) is 0.232. The third-order valence-corrected chi connectivity index (χ3v) is 2.85. The highest BCUT2D eigenvalue weighted by Gasteiger charge is 2.09. The molecule has 0 aliphatic rings. The number of aliphatic carboxylic acids is 1. The van der Waals surface area contributed by atoms with Gasteiger partial charge in [0.25, 0.3) is 0 Å². The minimum absolute atomic E-state index is 0.112. The molecule has 124 valence electrons. The van der Waals surface area contributed by atoms with Crippen LogP contribution in [0, 0.1) is 5.41 Å². The van der Waals surface area contributed by atoms with Crippen molar-refractivity contribution in [2.24, 2.45) is 11.5 Å². The summed E-state index contributed by atoms with van der Waals surface area (Å²) in [7, 11) is 0. The molecule has 8 heteroatoms. The standard InChI is InChI=1S/C9H6O2.C6H14N4O2/c10-9-6-5-7-3-1-2-4-8(7)11-9;7-4(5(11)12)2-1-3-10-6(8)9/h1-6H;4H,1-3,7H2,(H,11,12)(H4,8,9,10). The predicted molar refractivity (Wildman–Crippen MR) is 87.2 cm³/mol. The summed E-state index contributed by atoms with van der Waals surface area (Å²) < 4.78 is 4.91. The zero-order valence-electron chi connectivity index (χ0n) is 12.5. The van der Waals surface area contributed by atoms with E-state index in [1.807, 2.05) is 18.2 Å². The molecule has 0 bridgehead atoms. The number of guanidine groups is 1. The number of hydrogen-bond acceptors (Lipinski definition) is 5. The molecule has 0 fully saturated rings. The Labute approximate surface area is 132 Å². The lowest BCUT2D eigenvalue weighted by molar-refractivity contribution is -0.138. The Hall–Kier alpha value is -2.87. The van der Waals surface area contributed by atoms with E-state index < -0.39 is 12.0 Å². The zero-order chi connectivity index (χ0) is 17.2. The van der Waals surface area contributed by atoms with Crippen LogP contribution in [-0.2, 0) is 4.79 Å². The molecule has 0 aliphatic heterocycles. The summed E-state index contributed by atoms with van der Waals surface area (Å²) >= 11 is 0. The Kier molecular flexibility index (Phi) is 7.28. The Morgan fingerprint density at radius 3 is 2.65 bits per heavy atom. The monoisotopic (exact) mass is 320 g/mol. The Balaban J connectivity index is 0.000000230. The van der Waals surface area contributed by atoms with Crippen LogP contribution in [0.3, 0.4) is 0 Å². The van der Waals surface area contributed by atoms with Gasteiger partial charge in [0.2, 0.25) is 0 Å². The summed E-state index contributed by atoms with van der Waals surface area (Å²) in [6.45, 7) is 0.482. The van der Waals surface area contributed by atoms with Gasteiger partial charge in [-0.3, -0.25) is 10.2 Å². The molecule has 1 unspecified atom stereocenters. The molecule has 0 amide bonds. The molecule has 1 aromatic carbocycles. The van der Waals surface area contributed by atoms with Crippen LogP contribution in [0.4, 0.5) is 0 Å². The minimum Gasteiger partial charge on any atom is -0.480 e. The van der Waals surface area contributed by atoms with Crippen molar-refractivity contribution in [2.75, 3.05) is 6.54 Å². The largest absolute Gasteiger partial charge is 0.480 e. The van der Waals surface area contributed by atoms with E-state index >= 15 is 0 Å². The van der Waals surface area contributed by atoms with Crippen molar-refractivity contribution in [1.29, 1.82) is 5.41 Å². The Morgan fingerprint density at radius 2 is 2.00 bits per heavy atom. The Morgan fingerprint density at radius 1 is 1.30 bits per heavy atom. The minimum atomic E-state index is -1.00. The van der Waals surface area contributed by atoms with E-state index in [4.69, 9.17) is 26.4 Å². The van der Waals surface area contributed by atoms with E-state index in [2.05, 4.69) is 5.32 Å². The van der Waals surface area contributed by atoms with Crippen LogP contribution in [-0.4, -0.2) is 29.6 Å². The van der Waals surface area contributed by atoms with Gasteiger partial charge in [0.15, 0.2) is 5.96 Å². The lowest BCUT2D eigenvalue weighted by Gasteiger charge is -2.06. The third kappa shape index (κ3) is 7.09. The summed E-state index contributed by atoms with van der Waals surface area (Å²) in [6, 6.07) is 9.77. The molecule has 2 aromatic rings. The van der Waals surface area contributed by atoms with Crippen LogP contribution in [0.5, 0.6) is 0 Å². The average molecular weight is 320 g/mol. The number of carboxylic acid groups (broad SMARTS) is 1. The van der Waals surface area contributed by atoms with Crippen LogP contribution in [0.25, 0.3) is 11.0 Å². The van der Waals surface area contributed by atoms with Gasteiger partial charge in [-0.1, -0.05) is 18.2 Å². The van der Waals surface area contributed by atoms with E-state index in [1.54, 1.807) is 12.1 Å². The van der Waals surface area contributed by atoms with E-state index in [1.165, 1.54) is 6.07 Å². The predicted octanol–water partition coefficient (Wildman–Crippen LogP) is 0.455. The second-order valence-corrected chi connectivity index (χ2v) is 4.72. The van der Waals surface area contributed by atoms with Crippen LogP contribution in [0.1, 0.15) is 12.8 Å². The summed E-state index contributed by atoms with van der Waals surface area (Å²) in [4.78, 5) is 20.9. The number of benzene rings is 1. The lowest BCUT2D eigenvalue weighted by atomic mass is 10.2. The molecule has 8 nitrogen and oxygen atoms in total. The van der Waals surface area contributed by atoms with Crippen molar-refractivity contribution >= 4 is 22.9 Å². The molecule has 1 atom stereocenters. The molecule has 7 N–H and O–H groups in total. The number of fused-ring (bicyclic) bond motifs is 1. The van der Waals surface area contributed by atoms with E-state index in [9.17, 15) is 9.59 Å². The van der Waals surface area contributed by atoms with Gasteiger partial charge in [0.05, 0.1) is 0 Å². The molecular weight excluding hydrogens is 300 g/mol. The topological polar surface area (TPSA) is 155 Å². The number of carboxylic acids is 1. The fourth-order valence-electron chi connectivity index (χ4n) is 1.68. The molecule has 23 heavy (non-hydrogen) atoms. The summed E-state index contributed by atoms with van der Waals surface area (Å²) in [5.74, 6) is -1.11. The first-order valence-corrected chi connectivity index (χ1v) is 6.95. The maximum absolute atomic E-state index is 10.7. The average Bonchev–Trinajstić information content (AvgIpc) is 2.51. The van der Waals surface area contributed by atoms with Crippen LogP contribution in [0.2, 0.25) is 0 Å². The highest BCUT2D eigenvalue weighted by atomic mass is 16.4. The first-order chi connectivity index (χ1) is 10.9. The van der Waals surface area contributed by atoms with Gasteiger partial charge in [-0.2, -0.15) is 0 Å². The lowest BCUT2D eigenvalue weighted by Crippen LogP contribution is -2.34. The van der Waals surface area contributed by atoms with Crippen molar-refractivity contribution in [3.8, 4) is 0 Å². The fraction of sp³-hybridized carbons (Fsp3) is 0.267. The van der Waals surface area contributed by atoms with E-state index in [0.29, 0.717) is 25.0 Å². The smallest absolute Gasteiger partial charge is 0.336 e. The van der Waals surface area contributed by atoms with E-state index in [0.717, 1.165) is 5.39 Å². The van der Waals surface area contributed by atoms with Gasteiger partial charge in [-0.15, -0.1) is 0 Å². The first-order valence-electron chi connectivity index (χ1n) is 6.95. The van der Waals surface area contributed by atoms with E-state index in [-0.39, 0.29) is 11.6 Å². The van der Waals surface area contributed by atoms with Gasteiger partial charge in [-0.05, 0) is 25.0 Å². The number of para-hydroxylation sites is 1. The summed E-state index contributed by atoms with van der Waals surface area (Å²) in [5.41, 5.74) is 10.6. The molecule has 2 rings (SSSR count). The molecule has 0 saturated heterocycles. The maximum atomic E-state index is 10.7. The normalized spacial score (nSPS) is 11.2. The fourth-order valence-corrected chi connectivity index (χ4v) is 1.68. The number of hydrogen-bond donors (Lipinski definition) is 5. The molecule has 0 saturated carbocycles. The molecule has 1 heterocycles. The van der Waals surface area contributed by atoms with Crippen molar-refractivity contribution in [2.45, 2.75) is 18.9 Å². The highest BCUT2D eigenvalue weighted by molar-refractivity contribution is 5.75. The van der Waals surface area contributed by atoms with Crippen LogP contribution >= 0.6 is 0 Å². The van der Waals surface area contributed by atoms with Gasteiger partial charge < -0.3 is 26.3 Å². The van der Waals surface area contributed by atoms with Gasteiger partial charge in [0, 0.05) is 18.0 Å². The second kappa shape index (κ2) is 9.21. The zero-order valence-corrected chi connectivity index (χ0v) is 12.5. The number of nitrogens with two attached hydrogens (primary N) is 2. The van der Waals surface area contributed by atoms with Crippen molar-refractivity contribution < 1.29 is 14.3 Å². The molecule has 0 spiro atoms. The van der Waals surface area contributed by atoms with Gasteiger partial charge >= 0.3 is 11.6 Å². The summed E-state index contributed by atoms with van der Waals surface area (Å²) in [5, 5.41) is 18.7. The molecule has 1 aromatic heterocycles. The molecular formula is C15H20N4O4. The molecule has 0 aliphatic carbocycles. The van der Waals surface area contributed by atoms with Crippen molar-refractivity contribution in [3.63, 3.8) is 0 Å². The molecule has 0 radical (unpaired) electrons. The Bertz CT molecular complexity index is 714. The second-order valence-electron chi connectivity index (χ2n) is 4.72. The number of nitrogens with one attached hydrogen (secondary N) is 2. The first kappa shape index (κ1) is 18.2. The SMILES string of the molecule is N=C(N)NCCCC(N)C(=O)O.O=c1ccc2ccccc2o1. The van der Waals surface area contributed by atoms with Crippen LogP contribution in [0.15, 0.2) is 45.6 Å². The number of carbonyl (C=O) groups is 1. The summed E-state index contributed by atoms with van der Waals surface area (Å²) in [6.07, 6.45) is 0.975. The number of rotatable bonds is 5. The van der Waals surface area contributed by atoms with Crippen molar-refractivity contribution in [1.82, 2.24) is 5.32 Å².